The van der Waals surface area contributed by atoms with Gasteiger partial charge in [-0.05, 0) is 57.9 Å². The summed E-state index contributed by atoms with van der Waals surface area (Å²) in [5, 5.41) is 4.19. The Kier molecular flexibility index (Phi) is 6.84. The summed E-state index contributed by atoms with van der Waals surface area (Å²) >= 11 is 9.80. The Morgan fingerprint density at radius 3 is 2.31 bits per heavy atom. The number of aromatic amines is 1. The Balaban J connectivity index is 1.19. The lowest BCUT2D eigenvalue weighted by Crippen LogP contribution is -2.46. The SMILES string of the molecule is Clc1ccc(CN2CCN(c3c(Br)cnc4nc(-c5ccc(N6CCNCC6)cc5)[nH]c34)CC2)cc1. The predicted octanol–water partition coefficient (Wildman–Crippen LogP) is 4.77. The van der Waals surface area contributed by atoms with E-state index in [0.29, 0.717) is 0 Å². The van der Waals surface area contributed by atoms with Crippen LogP contribution < -0.4 is 15.1 Å². The molecule has 2 aliphatic rings. The number of hydrogen-bond donors (Lipinski definition) is 2. The number of nitrogens with one attached hydrogen (secondary N) is 2. The standard InChI is InChI=1S/C27H29BrClN7/c28-23-17-31-27-24(25(23)36-15-13-34(14-16-36)18-19-1-5-21(29)6-2-19)32-26(33-27)20-3-7-22(8-4-20)35-11-9-30-10-12-35/h1-8,17,30H,9-16,18H2,(H,31,32,33). The molecule has 4 heterocycles. The molecule has 0 spiro atoms. The molecule has 2 saturated heterocycles. The van der Waals surface area contributed by atoms with Crippen molar-refractivity contribution >= 4 is 50.1 Å². The summed E-state index contributed by atoms with van der Waals surface area (Å²) in [6, 6.07) is 16.8. The third-order valence-electron chi connectivity index (χ3n) is 7.08. The highest BCUT2D eigenvalue weighted by molar-refractivity contribution is 9.10. The molecule has 2 N–H and O–H groups in total. The number of piperazine rings is 2. The van der Waals surface area contributed by atoms with Gasteiger partial charge in [0, 0.05) is 81.4 Å². The Morgan fingerprint density at radius 2 is 1.58 bits per heavy atom. The fraction of sp³-hybridized carbons (Fsp3) is 0.333. The van der Waals surface area contributed by atoms with Gasteiger partial charge < -0.3 is 20.1 Å². The molecule has 0 radical (unpaired) electrons. The minimum Gasteiger partial charge on any atom is -0.369 e. The van der Waals surface area contributed by atoms with Gasteiger partial charge in [-0.1, -0.05) is 23.7 Å². The lowest BCUT2D eigenvalue weighted by molar-refractivity contribution is 0.250. The number of H-pyrrole nitrogens is 1. The van der Waals surface area contributed by atoms with Crippen LogP contribution in [0.25, 0.3) is 22.6 Å². The molecule has 2 aromatic heterocycles. The number of anilines is 2. The zero-order valence-corrected chi connectivity index (χ0v) is 22.4. The van der Waals surface area contributed by atoms with E-state index in [0.717, 1.165) is 96.6 Å². The highest BCUT2D eigenvalue weighted by Gasteiger charge is 2.23. The molecule has 2 fully saturated rings. The van der Waals surface area contributed by atoms with E-state index in [2.05, 4.69) is 82.3 Å². The quantitative estimate of drug-likeness (QED) is 0.363. The summed E-state index contributed by atoms with van der Waals surface area (Å²) in [5.74, 6) is 0.852. The van der Waals surface area contributed by atoms with Crippen LogP contribution in [0.1, 0.15) is 5.56 Å². The van der Waals surface area contributed by atoms with E-state index in [4.69, 9.17) is 16.6 Å². The average molecular weight is 567 g/mol. The molecule has 4 aromatic rings. The number of aromatic nitrogens is 3. The maximum absolute atomic E-state index is 6.04. The van der Waals surface area contributed by atoms with Gasteiger partial charge in [-0.3, -0.25) is 4.90 Å². The molecule has 6 rings (SSSR count). The number of halogens is 2. The van der Waals surface area contributed by atoms with Gasteiger partial charge in [0.1, 0.15) is 11.3 Å². The second-order valence-electron chi connectivity index (χ2n) is 9.41. The number of nitrogens with zero attached hydrogens (tertiary/aromatic N) is 5. The van der Waals surface area contributed by atoms with E-state index in [1.165, 1.54) is 11.3 Å². The molecule has 36 heavy (non-hydrogen) atoms. The van der Waals surface area contributed by atoms with Crippen molar-refractivity contribution in [2.75, 3.05) is 62.2 Å². The normalized spacial score (nSPS) is 17.2. The van der Waals surface area contributed by atoms with Crippen LogP contribution in [0, 0.1) is 0 Å². The van der Waals surface area contributed by atoms with Crippen molar-refractivity contribution < 1.29 is 0 Å². The number of fused-ring (bicyclic) bond motifs is 1. The topological polar surface area (TPSA) is 63.3 Å². The summed E-state index contributed by atoms with van der Waals surface area (Å²) in [6.45, 7) is 8.96. The molecule has 2 aromatic carbocycles. The molecule has 2 aliphatic heterocycles. The average Bonchev–Trinajstić information content (AvgIpc) is 3.36. The van der Waals surface area contributed by atoms with Gasteiger partial charge in [0.25, 0.3) is 0 Å². The van der Waals surface area contributed by atoms with E-state index in [-0.39, 0.29) is 0 Å². The fourth-order valence-electron chi connectivity index (χ4n) is 5.10. The van der Waals surface area contributed by atoms with Gasteiger partial charge in [0.05, 0.1) is 10.2 Å². The number of hydrogen-bond acceptors (Lipinski definition) is 6. The minimum absolute atomic E-state index is 0.748. The Labute approximate surface area is 224 Å². The monoisotopic (exact) mass is 565 g/mol. The maximum Gasteiger partial charge on any atom is 0.180 e. The van der Waals surface area contributed by atoms with Crippen LogP contribution in [-0.2, 0) is 6.54 Å². The Morgan fingerprint density at radius 1 is 0.861 bits per heavy atom. The van der Waals surface area contributed by atoms with E-state index in [9.17, 15) is 0 Å². The van der Waals surface area contributed by atoms with Gasteiger partial charge in [0.15, 0.2) is 5.65 Å². The van der Waals surface area contributed by atoms with E-state index in [1.807, 2.05) is 18.3 Å². The zero-order valence-electron chi connectivity index (χ0n) is 20.1. The van der Waals surface area contributed by atoms with Crippen LogP contribution in [0.5, 0.6) is 0 Å². The van der Waals surface area contributed by atoms with Crippen molar-refractivity contribution in [3.63, 3.8) is 0 Å². The zero-order chi connectivity index (χ0) is 24.5. The van der Waals surface area contributed by atoms with Gasteiger partial charge in [0.2, 0.25) is 0 Å². The molecule has 0 unspecified atom stereocenters. The summed E-state index contributed by atoms with van der Waals surface area (Å²) in [4.78, 5) is 20.4. The minimum atomic E-state index is 0.748. The van der Waals surface area contributed by atoms with Crippen molar-refractivity contribution in [3.05, 3.63) is 69.8 Å². The lowest BCUT2D eigenvalue weighted by Gasteiger charge is -2.36. The largest absolute Gasteiger partial charge is 0.369 e. The molecule has 0 aliphatic carbocycles. The van der Waals surface area contributed by atoms with Crippen molar-refractivity contribution in [1.82, 2.24) is 25.2 Å². The van der Waals surface area contributed by atoms with Gasteiger partial charge in [-0.25, -0.2) is 9.97 Å². The molecule has 0 amide bonds. The fourth-order valence-corrected chi connectivity index (χ4v) is 5.77. The van der Waals surface area contributed by atoms with E-state index in [1.54, 1.807) is 0 Å². The summed E-state index contributed by atoms with van der Waals surface area (Å²) < 4.78 is 0.991. The third kappa shape index (κ3) is 4.95. The van der Waals surface area contributed by atoms with Crippen LogP contribution in [-0.4, -0.2) is 72.2 Å². The maximum atomic E-state index is 6.04. The van der Waals surface area contributed by atoms with Gasteiger partial charge in [-0.2, -0.15) is 0 Å². The van der Waals surface area contributed by atoms with Crippen LogP contribution in [0.4, 0.5) is 11.4 Å². The molecule has 0 saturated carbocycles. The van der Waals surface area contributed by atoms with Crippen LogP contribution >= 0.6 is 27.5 Å². The number of pyridine rings is 1. The second-order valence-corrected chi connectivity index (χ2v) is 10.7. The van der Waals surface area contributed by atoms with E-state index >= 15 is 0 Å². The van der Waals surface area contributed by atoms with Crippen molar-refractivity contribution in [1.29, 1.82) is 0 Å². The Hall–Kier alpha value is -2.65. The Bertz CT molecular complexity index is 1330. The van der Waals surface area contributed by atoms with Crippen LogP contribution in [0.3, 0.4) is 0 Å². The molecule has 7 nitrogen and oxygen atoms in total. The smallest absolute Gasteiger partial charge is 0.180 e. The number of rotatable bonds is 5. The first-order valence-electron chi connectivity index (χ1n) is 12.5. The molecule has 9 heteroatoms. The number of imidazole rings is 1. The highest BCUT2D eigenvalue weighted by atomic mass is 79.9. The van der Waals surface area contributed by atoms with Gasteiger partial charge >= 0.3 is 0 Å². The predicted molar refractivity (Wildman–Crippen MR) is 151 cm³/mol. The third-order valence-corrected chi connectivity index (χ3v) is 7.91. The first kappa shape index (κ1) is 23.7. The molecular formula is C27H29BrClN7. The molecular weight excluding hydrogens is 538 g/mol. The first-order valence-corrected chi connectivity index (χ1v) is 13.6. The summed E-state index contributed by atoms with van der Waals surface area (Å²) in [7, 11) is 0. The van der Waals surface area contributed by atoms with Crippen LogP contribution in [0.2, 0.25) is 5.02 Å². The summed E-state index contributed by atoms with van der Waals surface area (Å²) in [6.07, 6.45) is 1.87. The highest BCUT2D eigenvalue weighted by Crippen LogP contribution is 2.34. The molecule has 0 atom stereocenters. The summed E-state index contributed by atoms with van der Waals surface area (Å²) in [5.41, 5.74) is 6.50. The van der Waals surface area contributed by atoms with E-state index < -0.39 is 0 Å². The van der Waals surface area contributed by atoms with Crippen molar-refractivity contribution in [2.45, 2.75) is 6.54 Å². The van der Waals surface area contributed by atoms with Crippen LogP contribution in [0.15, 0.2) is 59.2 Å². The first-order chi connectivity index (χ1) is 17.6. The molecule has 186 valence electrons. The van der Waals surface area contributed by atoms with Gasteiger partial charge in [-0.15, -0.1) is 0 Å². The molecule has 0 bridgehead atoms. The lowest BCUT2D eigenvalue weighted by atomic mass is 10.1. The van der Waals surface area contributed by atoms with Crippen molar-refractivity contribution in [3.8, 4) is 11.4 Å². The number of benzene rings is 2. The second kappa shape index (κ2) is 10.4. The van der Waals surface area contributed by atoms with Crippen molar-refractivity contribution in [2.24, 2.45) is 0 Å².